The zero-order valence-corrected chi connectivity index (χ0v) is 20.1. The predicted octanol–water partition coefficient (Wildman–Crippen LogP) is 7.30. The lowest BCUT2D eigenvalue weighted by atomic mass is 10.1. The molecule has 7 nitrogen and oxygen atoms in total. The maximum Gasteiger partial charge on any atom is 0.323 e. The molecular formula is C25H21Cl2N3O4. The Kier molecular flexibility index (Phi) is 6.95. The molecule has 34 heavy (non-hydrogen) atoms. The van der Waals surface area contributed by atoms with Gasteiger partial charge in [-0.15, -0.1) is 0 Å². The van der Waals surface area contributed by atoms with E-state index in [1.807, 2.05) is 25.1 Å². The van der Waals surface area contributed by atoms with Crippen molar-refractivity contribution in [2.45, 2.75) is 6.92 Å². The highest BCUT2D eigenvalue weighted by Gasteiger charge is 2.11. The van der Waals surface area contributed by atoms with E-state index in [1.54, 1.807) is 56.7 Å². The Hall–Kier alpha value is -3.68. The number of methoxy groups -OCH3 is 2. The van der Waals surface area contributed by atoms with Crippen molar-refractivity contribution in [3.8, 4) is 23.0 Å². The smallest absolute Gasteiger partial charge is 0.323 e. The van der Waals surface area contributed by atoms with Gasteiger partial charge in [0, 0.05) is 22.8 Å². The van der Waals surface area contributed by atoms with Crippen molar-refractivity contribution < 1.29 is 19.0 Å². The average Bonchev–Trinajstić information content (AvgIpc) is 2.82. The molecule has 0 radical (unpaired) electrons. The Balaban J connectivity index is 1.46. The van der Waals surface area contributed by atoms with Gasteiger partial charge in [-0.1, -0.05) is 23.2 Å². The number of aromatic nitrogens is 1. The van der Waals surface area contributed by atoms with Crippen LogP contribution in [0.5, 0.6) is 23.0 Å². The zero-order valence-electron chi connectivity index (χ0n) is 18.6. The molecule has 2 N–H and O–H groups in total. The number of fused-ring (bicyclic) bond motifs is 1. The summed E-state index contributed by atoms with van der Waals surface area (Å²) in [5, 5.41) is 7.09. The normalized spacial score (nSPS) is 10.6. The van der Waals surface area contributed by atoms with Crippen molar-refractivity contribution >= 4 is 51.5 Å². The van der Waals surface area contributed by atoms with Gasteiger partial charge in [0.2, 0.25) is 0 Å². The molecule has 4 aromatic rings. The Morgan fingerprint density at radius 3 is 2.09 bits per heavy atom. The highest BCUT2D eigenvalue weighted by Crippen LogP contribution is 2.35. The number of anilines is 2. The van der Waals surface area contributed by atoms with E-state index in [0.717, 1.165) is 16.6 Å². The number of hydrogen-bond acceptors (Lipinski definition) is 5. The third-order valence-corrected chi connectivity index (χ3v) is 5.72. The van der Waals surface area contributed by atoms with Gasteiger partial charge in [-0.3, -0.25) is 0 Å². The molecule has 3 aromatic carbocycles. The van der Waals surface area contributed by atoms with Crippen LogP contribution in [0.2, 0.25) is 10.0 Å². The Labute approximate surface area is 206 Å². The Morgan fingerprint density at radius 1 is 0.794 bits per heavy atom. The second kappa shape index (κ2) is 10.1. The minimum atomic E-state index is -0.411. The zero-order chi connectivity index (χ0) is 24.2. The fraction of sp³-hybridized carbons (Fsp3) is 0.120. The quantitative estimate of drug-likeness (QED) is 0.292. The van der Waals surface area contributed by atoms with Crippen LogP contribution in [0, 0.1) is 6.92 Å². The number of carbonyl (C=O) groups is 1. The Bertz CT molecular complexity index is 1360. The number of amides is 2. The van der Waals surface area contributed by atoms with Crippen LogP contribution in [0.4, 0.5) is 16.2 Å². The summed E-state index contributed by atoms with van der Waals surface area (Å²) in [4.78, 5) is 16.9. The number of ether oxygens (including phenoxy) is 3. The molecule has 4 rings (SSSR count). The standard InChI is InChI=1S/C25H21Cl2N3O4/c1-14-22(10-15-11-23(32-2)24(33-3)13-21(15)28-14)34-18-7-4-16(5-8-18)29-25(31)30-17-6-9-19(26)20(27)12-17/h4-13H,1-3H3,(H2,29,30,31). The van der Waals surface area contributed by atoms with Crippen LogP contribution < -0.4 is 24.8 Å². The van der Waals surface area contributed by atoms with Crippen molar-refractivity contribution in [1.29, 1.82) is 0 Å². The molecule has 174 valence electrons. The lowest BCUT2D eigenvalue weighted by Crippen LogP contribution is -2.19. The SMILES string of the molecule is COc1cc2cc(Oc3ccc(NC(=O)Nc4ccc(Cl)c(Cl)c4)cc3)c(C)nc2cc1OC. The van der Waals surface area contributed by atoms with E-state index < -0.39 is 6.03 Å². The molecular weight excluding hydrogens is 477 g/mol. The summed E-state index contributed by atoms with van der Waals surface area (Å²) in [5.41, 5.74) is 2.62. The molecule has 0 unspecified atom stereocenters. The van der Waals surface area contributed by atoms with E-state index in [4.69, 9.17) is 37.4 Å². The van der Waals surface area contributed by atoms with Gasteiger partial charge in [0.1, 0.15) is 11.5 Å². The first-order valence-electron chi connectivity index (χ1n) is 10.2. The van der Waals surface area contributed by atoms with Crippen LogP contribution in [0.25, 0.3) is 10.9 Å². The minimum Gasteiger partial charge on any atom is -0.493 e. The van der Waals surface area contributed by atoms with Gasteiger partial charge in [-0.2, -0.15) is 0 Å². The molecule has 0 aliphatic carbocycles. The van der Waals surface area contributed by atoms with E-state index in [9.17, 15) is 4.79 Å². The van der Waals surface area contributed by atoms with E-state index in [-0.39, 0.29) is 0 Å². The number of hydrogen-bond donors (Lipinski definition) is 2. The van der Waals surface area contributed by atoms with Gasteiger partial charge in [-0.25, -0.2) is 9.78 Å². The van der Waals surface area contributed by atoms with Crippen LogP contribution >= 0.6 is 23.2 Å². The number of rotatable bonds is 6. The number of nitrogens with zero attached hydrogens (tertiary/aromatic N) is 1. The first kappa shape index (κ1) is 23.5. The van der Waals surface area contributed by atoms with E-state index in [1.165, 1.54) is 0 Å². The number of carbonyl (C=O) groups excluding carboxylic acids is 1. The summed E-state index contributed by atoms with van der Waals surface area (Å²) in [6, 6.07) is 17.0. The number of aryl methyl sites for hydroxylation is 1. The maximum absolute atomic E-state index is 12.3. The second-order valence-corrected chi connectivity index (χ2v) is 8.12. The van der Waals surface area contributed by atoms with Crippen molar-refractivity contribution in [1.82, 2.24) is 4.98 Å². The number of benzene rings is 3. The van der Waals surface area contributed by atoms with Gasteiger partial charge < -0.3 is 24.8 Å². The molecule has 9 heteroatoms. The van der Waals surface area contributed by atoms with Crippen LogP contribution in [-0.4, -0.2) is 25.2 Å². The first-order valence-corrected chi connectivity index (χ1v) is 11.0. The molecule has 1 heterocycles. The van der Waals surface area contributed by atoms with Crippen molar-refractivity contribution in [3.63, 3.8) is 0 Å². The summed E-state index contributed by atoms with van der Waals surface area (Å²) in [5.74, 6) is 2.43. The molecule has 0 aliphatic heterocycles. The molecule has 0 bridgehead atoms. The summed E-state index contributed by atoms with van der Waals surface area (Å²) < 4.78 is 16.8. The highest BCUT2D eigenvalue weighted by molar-refractivity contribution is 6.42. The van der Waals surface area contributed by atoms with Crippen LogP contribution in [0.15, 0.2) is 60.7 Å². The number of nitrogens with one attached hydrogen (secondary N) is 2. The van der Waals surface area contributed by atoms with Gasteiger partial charge in [0.05, 0.1) is 35.5 Å². The molecule has 0 fully saturated rings. The van der Waals surface area contributed by atoms with Crippen LogP contribution in [0.3, 0.4) is 0 Å². The lowest BCUT2D eigenvalue weighted by molar-refractivity contribution is 0.262. The molecule has 0 spiro atoms. The van der Waals surface area contributed by atoms with Crippen LogP contribution in [0.1, 0.15) is 5.69 Å². The topological polar surface area (TPSA) is 81.7 Å². The molecule has 0 saturated carbocycles. The van der Waals surface area contributed by atoms with Gasteiger partial charge in [0.25, 0.3) is 0 Å². The van der Waals surface area contributed by atoms with Crippen molar-refractivity contribution in [2.75, 3.05) is 24.9 Å². The van der Waals surface area contributed by atoms with Crippen molar-refractivity contribution in [3.05, 3.63) is 76.4 Å². The van der Waals surface area contributed by atoms with E-state index in [2.05, 4.69) is 15.6 Å². The fourth-order valence-electron chi connectivity index (χ4n) is 3.28. The molecule has 0 saturated heterocycles. The number of halogens is 2. The van der Waals surface area contributed by atoms with Crippen molar-refractivity contribution in [2.24, 2.45) is 0 Å². The number of urea groups is 1. The summed E-state index contributed by atoms with van der Waals surface area (Å²) in [7, 11) is 3.17. The molecule has 2 amide bonds. The third-order valence-electron chi connectivity index (χ3n) is 4.98. The van der Waals surface area contributed by atoms with Gasteiger partial charge in [0.15, 0.2) is 11.5 Å². The number of pyridine rings is 1. The molecule has 0 aliphatic rings. The van der Waals surface area contributed by atoms with Gasteiger partial charge >= 0.3 is 6.03 Å². The second-order valence-electron chi connectivity index (χ2n) is 7.31. The van der Waals surface area contributed by atoms with Gasteiger partial charge in [-0.05, 0) is 61.5 Å². The summed E-state index contributed by atoms with van der Waals surface area (Å²) in [6.07, 6.45) is 0. The fourth-order valence-corrected chi connectivity index (χ4v) is 3.58. The summed E-state index contributed by atoms with van der Waals surface area (Å²) in [6.45, 7) is 1.87. The largest absolute Gasteiger partial charge is 0.493 e. The first-order chi connectivity index (χ1) is 16.4. The Morgan fingerprint density at radius 2 is 1.41 bits per heavy atom. The lowest BCUT2D eigenvalue weighted by Gasteiger charge is -2.13. The maximum atomic E-state index is 12.3. The van der Waals surface area contributed by atoms with E-state index >= 15 is 0 Å². The molecule has 1 aromatic heterocycles. The third kappa shape index (κ3) is 5.27. The minimum absolute atomic E-state index is 0.358. The molecule has 0 atom stereocenters. The highest BCUT2D eigenvalue weighted by atomic mass is 35.5. The summed E-state index contributed by atoms with van der Waals surface area (Å²) >= 11 is 11.9. The van der Waals surface area contributed by atoms with Crippen LogP contribution in [-0.2, 0) is 0 Å². The monoisotopic (exact) mass is 497 g/mol. The van der Waals surface area contributed by atoms with E-state index in [0.29, 0.717) is 44.4 Å². The average molecular weight is 498 g/mol. The predicted molar refractivity (Wildman–Crippen MR) is 135 cm³/mol.